The molecular formula is C12H19N3O3. The van der Waals surface area contributed by atoms with Gasteiger partial charge >= 0.3 is 5.97 Å². The summed E-state index contributed by atoms with van der Waals surface area (Å²) in [5.41, 5.74) is 0. The van der Waals surface area contributed by atoms with Crippen LogP contribution in [0.4, 0.5) is 0 Å². The first-order chi connectivity index (χ1) is 8.72. The minimum absolute atomic E-state index is 0.0266. The monoisotopic (exact) mass is 253 g/mol. The third-order valence-corrected chi connectivity index (χ3v) is 3.22. The Morgan fingerprint density at radius 3 is 3.11 bits per heavy atom. The SMILES string of the molecule is CCc1nc(CN2CCCC(C(=O)OC)C2)no1. The first-order valence-corrected chi connectivity index (χ1v) is 6.34. The Labute approximate surface area is 106 Å². The van der Waals surface area contributed by atoms with E-state index in [1.54, 1.807) is 0 Å². The smallest absolute Gasteiger partial charge is 0.309 e. The maximum atomic E-state index is 11.5. The molecule has 1 aliphatic rings. The van der Waals surface area contributed by atoms with E-state index < -0.39 is 0 Å². The van der Waals surface area contributed by atoms with E-state index in [-0.39, 0.29) is 11.9 Å². The highest BCUT2D eigenvalue weighted by atomic mass is 16.5. The molecule has 1 aromatic heterocycles. The van der Waals surface area contributed by atoms with Gasteiger partial charge in [-0.25, -0.2) is 0 Å². The van der Waals surface area contributed by atoms with Gasteiger partial charge in [0.05, 0.1) is 19.6 Å². The number of aromatic nitrogens is 2. The van der Waals surface area contributed by atoms with Crippen LogP contribution >= 0.6 is 0 Å². The van der Waals surface area contributed by atoms with E-state index in [2.05, 4.69) is 15.0 Å². The fraction of sp³-hybridized carbons (Fsp3) is 0.750. The molecule has 0 N–H and O–H groups in total. The second kappa shape index (κ2) is 5.95. The number of piperidine rings is 1. The highest BCUT2D eigenvalue weighted by molar-refractivity contribution is 5.72. The third-order valence-electron chi connectivity index (χ3n) is 3.22. The van der Waals surface area contributed by atoms with Crippen LogP contribution in [-0.4, -0.2) is 41.2 Å². The van der Waals surface area contributed by atoms with E-state index in [1.807, 2.05) is 6.92 Å². The van der Waals surface area contributed by atoms with E-state index in [9.17, 15) is 4.79 Å². The molecule has 0 aromatic carbocycles. The van der Waals surface area contributed by atoms with Crippen LogP contribution < -0.4 is 0 Å². The van der Waals surface area contributed by atoms with Gasteiger partial charge in [0.15, 0.2) is 5.82 Å². The Morgan fingerprint density at radius 1 is 1.61 bits per heavy atom. The van der Waals surface area contributed by atoms with Gasteiger partial charge in [-0.1, -0.05) is 12.1 Å². The van der Waals surface area contributed by atoms with Crippen LogP contribution in [0.25, 0.3) is 0 Å². The average molecular weight is 253 g/mol. The maximum Gasteiger partial charge on any atom is 0.309 e. The summed E-state index contributed by atoms with van der Waals surface area (Å²) >= 11 is 0. The molecule has 18 heavy (non-hydrogen) atoms. The van der Waals surface area contributed by atoms with Crippen molar-refractivity contribution >= 4 is 5.97 Å². The van der Waals surface area contributed by atoms with Crippen molar-refractivity contribution in [2.24, 2.45) is 5.92 Å². The lowest BCUT2D eigenvalue weighted by Crippen LogP contribution is -2.38. The number of esters is 1. The Bertz CT molecular complexity index is 405. The summed E-state index contributed by atoms with van der Waals surface area (Å²) in [5, 5.41) is 3.93. The minimum Gasteiger partial charge on any atom is -0.469 e. The van der Waals surface area contributed by atoms with Crippen molar-refractivity contribution in [1.82, 2.24) is 15.0 Å². The normalized spacial score (nSPS) is 20.9. The molecule has 6 heteroatoms. The van der Waals surface area contributed by atoms with Crippen LogP contribution in [-0.2, 0) is 22.5 Å². The summed E-state index contributed by atoms with van der Waals surface area (Å²) in [6, 6.07) is 0. The molecule has 6 nitrogen and oxygen atoms in total. The first kappa shape index (κ1) is 13.0. The maximum absolute atomic E-state index is 11.5. The molecule has 2 heterocycles. The number of rotatable bonds is 4. The number of hydrogen-bond donors (Lipinski definition) is 0. The Kier molecular flexibility index (Phi) is 4.30. The molecule has 100 valence electrons. The van der Waals surface area contributed by atoms with Crippen LogP contribution in [0, 0.1) is 5.92 Å². The molecule has 1 aromatic rings. The summed E-state index contributed by atoms with van der Waals surface area (Å²) in [4.78, 5) is 18.0. The van der Waals surface area contributed by atoms with Gasteiger partial charge in [0.25, 0.3) is 0 Å². The Balaban J connectivity index is 1.91. The summed E-state index contributed by atoms with van der Waals surface area (Å²) in [6.07, 6.45) is 2.64. The summed E-state index contributed by atoms with van der Waals surface area (Å²) in [5.74, 6) is 1.20. The fourth-order valence-electron chi connectivity index (χ4n) is 2.26. The van der Waals surface area contributed by atoms with Crippen molar-refractivity contribution in [3.8, 4) is 0 Å². The number of likely N-dealkylation sites (tertiary alicyclic amines) is 1. The minimum atomic E-state index is -0.123. The topological polar surface area (TPSA) is 68.5 Å². The van der Waals surface area contributed by atoms with Crippen molar-refractivity contribution in [3.63, 3.8) is 0 Å². The van der Waals surface area contributed by atoms with Gasteiger partial charge in [-0.3, -0.25) is 9.69 Å². The molecule has 1 saturated heterocycles. The lowest BCUT2D eigenvalue weighted by atomic mass is 9.98. The van der Waals surface area contributed by atoms with Crippen LogP contribution in [0.5, 0.6) is 0 Å². The van der Waals surface area contributed by atoms with E-state index in [1.165, 1.54) is 7.11 Å². The van der Waals surface area contributed by atoms with Gasteiger partial charge < -0.3 is 9.26 Å². The van der Waals surface area contributed by atoms with E-state index in [0.717, 1.165) is 25.8 Å². The van der Waals surface area contributed by atoms with Gasteiger partial charge in [0.1, 0.15) is 0 Å². The molecule has 0 saturated carbocycles. The van der Waals surface area contributed by atoms with Crippen molar-refractivity contribution in [3.05, 3.63) is 11.7 Å². The van der Waals surface area contributed by atoms with Crippen LogP contribution in [0.3, 0.4) is 0 Å². The van der Waals surface area contributed by atoms with Crippen LogP contribution in [0.15, 0.2) is 4.52 Å². The van der Waals surface area contributed by atoms with Crippen molar-refractivity contribution in [2.75, 3.05) is 20.2 Å². The summed E-state index contributed by atoms with van der Waals surface area (Å²) < 4.78 is 9.87. The van der Waals surface area contributed by atoms with E-state index >= 15 is 0 Å². The largest absolute Gasteiger partial charge is 0.469 e. The number of carbonyl (C=O) groups excluding carboxylic acids is 1. The summed E-state index contributed by atoms with van der Waals surface area (Å²) in [7, 11) is 1.44. The van der Waals surface area contributed by atoms with Gasteiger partial charge in [0.2, 0.25) is 5.89 Å². The lowest BCUT2D eigenvalue weighted by Gasteiger charge is -2.30. The van der Waals surface area contributed by atoms with Crippen LogP contribution in [0.2, 0.25) is 0 Å². The Morgan fingerprint density at radius 2 is 2.44 bits per heavy atom. The first-order valence-electron chi connectivity index (χ1n) is 6.34. The zero-order chi connectivity index (χ0) is 13.0. The number of nitrogens with zero attached hydrogens (tertiary/aromatic N) is 3. The molecule has 1 fully saturated rings. The third kappa shape index (κ3) is 3.07. The molecule has 1 unspecified atom stereocenters. The quantitative estimate of drug-likeness (QED) is 0.746. The number of aryl methyl sites for hydroxylation is 1. The molecule has 0 radical (unpaired) electrons. The molecule has 0 spiro atoms. The molecule has 2 rings (SSSR count). The van der Waals surface area contributed by atoms with Gasteiger partial charge in [0, 0.05) is 13.0 Å². The van der Waals surface area contributed by atoms with Gasteiger partial charge in [-0.2, -0.15) is 4.98 Å². The van der Waals surface area contributed by atoms with Crippen LogP contribution in [0.1, 0.15) is 31.5 Å². The highest BCUT2D eigenvalue weighted by Gasteiger charge is 2.27. The standard InChI is InChI=1S/C12H19N3O3/c1-3-11-13-10(14-18-11)8-15-6-4-5-9(7-15)12(16)17-2/h9H,3-8H2,1-2H3. The molecular weight excluding hydrogens is 234 g/mol. The van der Waals surface area contributed by atoms with Gasteiger partial charge in [-0.05, 0) is 19.4 Å². The van der Waals surface area contributed by atoms with E-state index in [0.29, 0.717) is 24.8 Å². The summed E-state index contributed by atoms with van der Waals surface area (Å²) in [6.45, 7) is 4.29. The number of carbonyl (C=O) groups is 1. The van der Waals surface area contributed by atoms with Crippen molar-refractivity contribution in [1.29, 1.82) is 0 Å². The zero-order valence-electron chi connectivity index (χ0n) is 10.9. The lowest BCUT2D eigenvalue weighted by molar-refractivity contribution is -0.147. The zero-order valence-corrected chi connectivity index (χ0v) is 10.9. The molecule has 1 aliphatic heterocycles. The van der Waals surface area contributed by atoms with Crippen molar-refractivity contribution in [2.45, 2.75) is 32.7 Å². The number of methoxy groups -OCH3 is 1. The van der Waals surface area contributed by atoms with E-state index in [4.69, 9.17) is 9.26 Å². The predicted molar refractivity (Wildman–Crippen MR) is 63.7 cm³/mol. The number of hydrogen-bond acceptors (Lipinski definition) is 6. The highest BCUT2D eigenvalue weighted by Crippen LogP contribution is 2.19. The predicted octanol–water partition coefficient (Wildman–Crippen LogP) is 1.02. The molecule has 1 atom stereocenters. The number of ether oxygens (including phenoxy) is 1. The second-order valence-corrected chi connectivity index (χ2v) is 4.56. The molecule has 0 aliphatic carbocycles. The molecule has 0 bridgehead atoms. The average Bonchev–Trinajstić information content (AvgIpc) is 2.86. The van der Waals surface area contributed by atoms with Gasteiger partial charge in [-0.15, -0.1) is 0 Å². The van der Waals surface area contributed by atoms with Crippen molar-refractivity contribution < 1.29 is 14.1 Å². The second-order valence-electron chi connectivity index (χ2n) is 4.56. The Hall–Kier alpha value is -1.43. The molecule has 0 amide bonds. The fourth-order valence-corrected chi connectivity index (χ4v) is 2.26.